The summed E-state index contributed by atoms with van der Waals surface area (Å²) in [6.07, 6.45) is -2.54. The first-order valence-corrected chi connectivity index (χ1v) is 6.96. The Morgan fingerprint density at radius 3 is 2.67 bits per heavy atom. The second-order valence-corrected chi connectivity index (χ2v) is 4.82. The van der Waals surface area contributed by atoms with Gasteiger partial charge in [-0.25, -0.2) is 4.79 Å². The van der Waals surface area contributed by atoms with Crippen LogP contribution < -0.4 is 10.6 Å². The van der Waals surface area contributed by atoms with E-state index in [1.165, 1.54) is 12.1 Å². The van der Waals surface area contributed by atoms with E-state index in [9.17, 15) is 18.0 Å². The van der Waals surface area contributed by atoms with Gasteiger partial charge in [0.25, 0.3) is 0 Å². The van der Waals surface area contributed by atoms with Gasteiger partial charge >= 0.3 is 12.2 Å². The summed E-state index contributed by atoms with van der Waals surface area (Å²) in [5.41, 5.74) is -0.841. The average molecular weight is 334 g/mol. The summed E-state index contributed by atoms with van der Waals surface area (Å²) in [5.74, 6) is 0. The van der Waals surface area contributed by atoms with Crippen LogP contribution in [-0.2, 0) is 12.6 Å². The van der Waals surface area contributed by atoms with Crippen molar-refractivity contribution in [3.05, 3.63) is 59.4 Å². The van der Waals surface area contributed by atoms with E-state index in [1.54, 1.807) is 18.3 Å². The second kappa shape index (κ2) is 7.46. The molecule has 0 bridgehead atoms. The van der Waals surface area contributed by atoms with Crippen LogP contribution in [0.5, 0.6) is 0 Å². The average Bonchev–Trinajstić information content (AvgIpc) is 2.55. The summed E-state index contributed by atoms with van der Waals surface area (Å²) < 4.78 is 38.6. The number of anilines is 1. The van der Waals surface area contributed by atoms with Crippen LogP contribution in [0.3, 0.4) is 0 Å². The zero-order chi connectivity index (χ0) is 17.6. The van der Waals surface area contributed by atoms with Crippen molar-refractivity contribution in [2.75, 3.05) is 11.9 Å². The lowest BCUT2D eigenvalue weighted by Crippen LogP contribution is -2.30. The van der Waals surface area contributed by atoms with Crippen LogP contribution in [0.15, 0.2) is 42.6 Å². The molecule has 124 valence electrons. The van der Waals surface area contributed by atoms with Gasteiger partial charge in [-0.3, -0.25) is 4.98 Å². The lowest BCUT2D eigenvalue weighted by molar-refractivity contribution is -0.137. The number of nitriles is 1. The van der Waals surface area contributed by atoms with E-state index in [0.717, 1.165) is 17.8 Å². The van der Waals surface area contributed by atoms with Gasteiger partial charge in [-0.1, -0.05) is 6.07 Å². The van der Waals surface area contributed by atoms with Crippen LogP contribution in [0.25, 0.3) is 0 Å². The van der Waals surface area contributed by atoms with Gasteiger partial charge in [-0.05, 0) is 30.3 Å². The van der Waals surface area contributed by atoms with Gasteiger partial charge < -0.3 is 10.6 Å². The molecule has 0 fully saturated rings. The minimum atomic E-state index is -4.67. The van der Waals surface area contributed by atoms with Crippen LogP contribution in [-0.4, -0.2) is 17.6 Å². The number of alkyl halides is 3. The largest absolute Gasteiger partial charge is 0.417 e. The molecule has 0 saturated heterocycles. The molecule has 1 aromatic heterocycles. The van der Waals surface area contributed by atoms with E-state index < -0.39 is 23.3 Å². The Balaban J connectivity index is 1.95. The van der Waals surface area contributed by atoms with Gasteiger partial charge in [0.05, 0.1) is 17.2 Å². The van der Waals surface area contributed by atoms with Gasteiger partial charge in [0, 0.05) is 30.5 Å². The summed E-state index contributed by atoms with van der Waals surface area (Å²) >= 11 is 0. The molecular formula is C16H13F3N4O. The van der Waals surface area contributed by atoms with Crippen molar-refractivity contribution < 1.29 is 18.0 Å². The zero-order valence-corrected chi connectivity index (χ0v) is 12.4. The Morgan fingerprint density at radius 2 is 2.04 bits per heavy atom. The monoisotopic (exact) mass is 334 g/mol. The molecule has 24 heavy (non-hydrogen) atoms. The quantitative estimate of drug-likeness (QED) is 0.900. The van der Waals surface area contributed by atoms with Crippen molar-refractivity contribution in [2.45, 2.75) is 12.6 Å². The van der Waals surface area contributed by atoms with E-state index in [-0.39, 0.29) is 12.2 Å². The lowest BCUT2D eigenvalue weighted by Gasteiger charge is -2.12. The molecule has 0 atom stereocenters. The second-order valence-electron chi connectivity index (χ2n) is 4.82. The van der Waals surface area contributed by atoms with Crippen molar-refractivity contribution in [2.24, 2.45) is 0 Å². The van der Waals surface area contributed by atoms with Crippen LogP contribution >= 0.6 is 0 Å². The highest BCUT2D eigenvalue weighted by Crippen LogP contribution is 2.33. The number of nitrogens with zero attached hydrogens (tertiary/aromatic N) is 2. The Bertz CT molecular complexity index is 754. The zero-order valence-electron chi connectivity index (χ0n) is 12.4. The van der Waals surface area contributed by atoms with Crippen molar-refractivity contribution >= 4 is 11.7 Å². The third-order valence-corrected chi connectivity index (χ3v) is 3.10. The summed E-state index contributed by atoms with van der Waals surface area (Å²) in [6, 6.07) is 9.23. The molecule has 0 aliphatic rings. The highest BCUT2D eigenvalue weighted by Gasteiger charge is 2.33. The molecule has 0 unspecified atom stereocenters. The maximum Gasteiger partial charge on any atom is 0.417 e. The Kier molecular flexibility index (Phi) is 5.37. The highest BCUT2D eigenvalue weighted by atomic mass is 19.4. The van der Waals surface area contributed by atoms with Crippen molar-refractivity contribution in [3.8, 4) is 6.07 Å². The van der Waals surface area contributed by atoms with E-state index in [4.69, 9.17) is 5.26 Å². The lowest BCUT2D eigenvalue weighted by atomic mass is 10.1. The first kappa shape index (κ1) is 17.3. The fourth-order valence-electron chi connectivity index (χ4n) is 1.98. The summed E-state index contributed by atoms with van der Waals surface area (Å²) in [4.78, 5) is 15.8. The Labute approximate surface area is 136 Å². The molecule has 0 aliphatic carbocycles. The third kappa shape index (κ3) is 4.71. The SMILES string of the molecule is N#Cc1ccc(NC(=O)NCCc2ccccn2)cc1C(F)(F)F. The van der Waals surface area contributed by atoms with E-state index >= 15 is 0 Å². The standard InChI is InChI=1S/C16H13F3N4O/c17-16(18,19)14-9-13(5-4-11(14)10-20)23-15(24)22-8-6-12-3-1-2-7-21-12/h1-5,7,9H,6,8H2,(H2,22,23,24). The van der Waals surface area contributed by atoms with Gasteiger partial charge in [0.15, 0.2) is 0 Å². The smallest absolute Gasteiger partial charge is 0.337 e. The molecule has 8 heteroatoms. The van der Waals surface area contributed by atoms with Crippen LogP contribution in [0.4, 0.5) is 23.7 Å². The predicted molar refractivity (Wildman–Crippen MR) is 81.1 cm³/mol. The number of urea groups is 1. The maximum atomic E-state index is 12.9. The molecule has 2 aromatic rings. The number of amides is 2. The van der Waals surface area contributed by atoms with Crippen LogP contribution in [0, 0.1) is 11.3 Å². The minimum absolute atomic E-state index is 0.0448. The third-order valence-electron chi connectivity index (χ3n) is 3.10. The number of halogens is 3. The normalized spacial score (nSPS) is 10.8. The molecular weight excluding hydrogens is 321 g/mol. The fourth-order valence-corrected chi connectivity index (χ4v) is 1.98. The molecule has 1 heterocycles. The molecule has 2 amide bonds. The summed E-state index contributed by atoms with van der Waals surface area (Å²) in [7, 11) is 0. The predicted octanol–water partition coefficient (Wildman–Crippen LogP) is 3.34. The number of pyridine rings is 1. The number of hydrogen-bond acceptors (Lipinski definition) is 3. The van der Waals surface area contributed by atoms with Gasteiger partial charge in [-0.15, -0.1) is 0 Å². The molecule has 0 saturated carbocycles. The van der Waals surface area contributed by atoms with Gasteiger partial charge in [0.1, 0.15) is 0 Å². The van der Waals surface area contributed by atoms with Gasteiger partial charge in [-0.2, -0.15) is 18.4 Å². The maximum absolute atomic E-state index is 12.9. The molecule has 5 nitrogen and oxygen atoms in total. The van der Waals surface area contributed by atoms with E-state index in [0.29, 0.717) is 6.42 Å². The van der Waals surface area contributed by atoms with E-state index in [2.05, 4.69) is 15.6 Å². The number of carbonyl (C=O) groups is 1. The molecule has 0 radical (unpaired) electrons. The molecule has 2 N–H and O–H groups in total. The number of nitrogens with one attached hydrogen (secondary N) is 2. The summed E-state index contributed by atoms with van der Waals surface area (Å²) in [6.45, 7) is 0.283. The van der Waals surface area contributed by atoms with E-state index in [1.807, 2.05) is 6.07 Å². The Morgan fingerprint density at radius 1 is 1.25 bits per heavy atom. The van der Waals surface area contributed by atoms with Crippen molar-refractivity contribution in [3.63, 3.8) is 0 Å². The molecule has 2 rings (SSSR count). The summed E-state index contributed by atoms with van der Waals surface area (Å²) in [5, 5.41) is 13.6. The van der Waals surface area contributed by atoms with Crippen molar-refractivity contribution in [1.29, 1.82) is 5.26 Å². The number of aromatic nitrogens is 1. The Hall–Kier alpha value is -3.08. The minimum Gasteiger partial charge on any atom is -0.337 e. The molecule has 1 aromatic carbocycles. The fraction of sp³-hybridized carbons (Fsp3) is 0.188. The molecule has 0 spiro atoms. The first-order valence-electron chi connectivity index (χ1n) is 6.96. The highest BCUT2D eigenvalue weighted by molar-refractivity contribution is 5.89. The van der Waals surface area contributed by atoms with Crippen molar-refractivity contribution in [1.82, 2.24) is 10.3 Å². The number of benzene rings is 1. The van der Waals surface area contributed by atoms with Crippen LogP contribution in [0.2, 0.25) is 0 Å². The first-order chi connectivity index (χ1) is 11.4. The van der Waals surface area contributed by atoms with Crippen LogP contribution in [0.1, 0.15) is 16.8 Å². The topological polar surface area (TPSA) is 77.8 Å². The number of hydrogen-bond donors (Lipinski definition) is 2. The molecule has 0 aliphatic heterocycles. The van der Waals surface area contributed by atoms with Gasteiger partial charge in [0.2, 0.25) is 0 Å². The number of rotatable bonds is 4. The number of carbonyl (C=O) groups excluding carboxylic acids is 1.